The first kappa shape index (κ1) is 21.6. The minimum atomic E-state index is -0.539. The Morgan fingerprint density at radius 1 is 1.17 bits per heavy atom. The van der Waals surface area contributed by atoms with Crippen molar-refractivity contribution in [2.24, 2.45) is 0 Å². The first-order chi connectivity index (χ1) is 14.4. The Morgan fingerprint density at radius 2 is 1.87 bits per heavy atom. The molecule has 30 heavy (non-hydrogen) atoms. The summed E-state index contributed by atoms with van der Waals surface area (Å²) in [4.78, 5) is 26.1. The van der Waals surface area contributed by atoms with E-state index in [0.29, 0.717) is 40.3 Å². The fraction of sp³-hybridized carbons (Fsp3) is 0.182. The van der Waals surface area contributed by atoms with E-state index >= 15 is 0 Å². The van der Waals surface area contributed by atoms with Gasteiger partial charge in [0.15, 0.2) is 11.5 Å². The first-order valence-electron chi connectivity index (χ1n) is 9.22. The number of nitrogens with zero attached hydrogens (tertiary/aromatic N) is 1. The molecule has 0 saturated carbocycles. The Labute approximate surface area is 182 Å². The highest BCUT2D eigenvalue weighted by atomic mass is 79.9. The van der Waals surface area contributed by atoms with E-state index in [0.717, 1.165) is 4.90 Å². The summed E-state index contributed by atoms with van der Waals surface area (Å²) in [6, 6.07) is 8.55. The number of carbonyl (C=O) groups is 2. The van der Waals surface area contributed by atoms with Crippen LogP contribution in [-0.2, 0) is 11.3 Å². The van der Waals surface area contributed by atoms with E-state index in [9.17, 15) is 14.0 Å². The van der Waals surface area contributed by atoms with Crippen LogP contribution in [-0.4, -0.2) is 30.1 Å². The van der Waals surface area contributed by atoms with Gasteiger partial charge in [-0.25, -0.2) is 9.18 Å². The summed E-state index contributed by atoms with van der Waals surface area (Å²) in [5.41, 5.74) is 1.41. The first-order valence-corrected chi connectivity index (χ1v) is 10.0. The predicted molar refractivity (Wildman–Crippen MR) is 114 cm³/mol. The summed E-state index contributed by atoms with van der Waals surface area (Å²) >= 11 is 3.46. The van der Waals surface area contributed by atoms with E-state index in [1.807, 2.05) is 6.92 Å². The molecule has 0 atom stereocenters. The molecule has 0 aliphatic carbocycles. The molecule has 0 spiro atoms. The fourth-order valence-corrected chi connectivity index (χ4v) is 3.27. The average molecular weight is 475 g/mol. The summed E-state index contributed by atoms with van der Waals surface area (Å²) < 4.78 is 25.0. The molecular weight excluding hydrogens is 455 g/mol. The van der Waals surface area contributed by atoms with Crippen molar-refractivity contribution in [3.8, 4) is 11.5 Å². The highest BCUT2D eigenvalue weighted by Gasteiger charge is 2.33. The third-order valence-corrected chi connectivity index (χ3v) is 4.92. The lowest BCUT2D eigenvalue weighted by atomic mass is 10.1. The van der Waals surface area contributed by atoms with Gasteiger partial charge in [-0.3, -0.25) is 9.69 Å². The normalized spacial score (nSPS) is 14.8. The number of halogens is 2. The average Bonchev–Trinajstić information content (AvgIpc) is 2.98. The van der Waals surface area contributed by atoms with Gasteiger partial charge in [-0.1, -0.05) is 40.7 Å². The number of benzene rings is 2. The number of carbonyl (C=O) groups excluding carboxylic acids is 2. The summed E-state index contributed by atoms with van der Waals surface area (Å²) in [6.07, 6.45) is 3.19. The van der Waals surface area contributed by atoms with Gasteiger partial charge in [0.05, 0.1) is 13.2 Å². The maximum atomic E-state index is 13.1. The molecule has 1 N–H and O–H groups in total. The lowest BCUT2D eigenvalue weighted by molar-refractivity contribution is -0.123. The molecule has 3 rings (SSSR count). The second-order valence-electron chi connectivity index (χ2n) is 6.36. The zero-order chi connectivity index (χ0) is 21.7. The van der Waals surface area contributed by atoms with Crippen molar-refractivity contribution in [2.75, 3.05) is 13.2 Å². The number of imide groups is 1. The summed E-state index contributed by atoms with van der Waals surface area (Å²) in [5, 5.41) is 2.58. The number of rotatable bonds is 8. The topological polar surface area (TPSA) is 67.9 Å². The van der Waals surface area contributed by atoms with Crippen molar-refractivity contribution < 1.29 is 23.5 Å². The quantitative estimate of drug-likeness (QED) is 0.343. The van der Waals surface area contributed by atoms with Crippen LogP contribution >= 0.6 is 15.9 Å². The van der Waals surface area contributed by atoms with Gasteiger partial charge in [-0.15, -0.1) is 0 Å². The van der Waals surface area contributed by atoms with Crippen molar-refractivity contribution in [3.63, 3.8) is 0 Å². The van der Waals surface area contributed by atoms with Crippen molar-refractivity contribution >= 4 is 33.9 Å². The zero-order valence-corrected chi connectivity index (χ0v) is 17.9. The molecule has 0 aromatic heterocycles. The van der Waals surface area contributed by atoms with Crippen LogP contribution < -0.4 is 14.8 Å². The molecule has 1 aliphatic heterocycles. The highest BCUT2D eigenvalue weighted by Crippen LogP contribution is 2.35. The van der Waals surface area contributed by atoms with Crippen molar-refractivity contribution in [1.82, 2.24) is 10.2 Å². The second kappa shape index (κ2) is 9.58. The van der Waals surface area contributed by atoms with Crippen LogP contribution in [0.2, 0.25) is 0 Å². The maximum absolute atomic E-state index is 13.1. The fourth-order valence-electron chi connectivity index (χ4n) is 2.83. The van der Waals surface area contributed by atoms with Crippen LogP contribution in [0.3, 0.4) is 0 Å². The number of nitrogens with one attached hydrogen (secondary N) is 1. The van der Waals surface area contributed by atoms with E-state index in [4.69, 9.17) is 9.47 Å². The molecule has 1 saturated heterocycles. The standard InChI is InChI=1S/C22H20BrFN2O4/c1-3-9-30-20-12-17(23)15(11-19(20)29-4-2)10-18-21(27)26(22(28)25-18)13-14-5-7-16(24)8-6-14/h3,5-8,10-12H,1,4,9,13H2,2H3,(H,25,28)/b18-10+. The molecule has 1 fully saturated rings. The lowest BCUT2D eigenvalue weighted by Crippen LogP contribution is -2.30. The van der Waals surface area contributed by atoms with Gasteiger partial charge in [0.1, 0.15) is 18.1 Å². The highest BCUT2D eigenvalue weighted by molar-refractivity contribution is 9.10. The van der Waals surface area contributed by atoms with Gasteiger partial charge in [-0.2, -0.15) is 0 Å². The number of hydrogen-bond donors (Lipinski definition) is 1. The minimum Gasteiger partial charge on any atom is -0.490 e. The van der Waals surface area contributed by atoms with Crippen molar-refractivity contribution in [1.29, 1.82) is 0 Å². The molecule has 2 aromatic rings. The smallest absolute Gasteiger partial charge is 0.329 e. The van der Waals surface area contributed by atoms with E-state index in [-0.39, 0.29) is 18.1 Å². The van der Waals surface area contributed by atoms with E-state index in [1.54, 1.807) is 24.3 Å². The largest absolute Gasteiger partial charge is 0.490 e. The zero-order valence-electron chi connectivity index (χ0n) is 16.3. The van der Waals surface area contributed by atoms with Crippen molar-refractivity contribution in [2.45, 2.75) is 13.5 Å². The maximum Gasteiger partial charge on any atom is 0.329 e. The van der Waals surface area contributed by atoms with E-state index < -0.39 is 11.9 Å². The molecule has 0 bridgehead atoms. The van der Waals surface area contributed by atoms with Crippen LogP contribution in [0.25, 0.3) is 6.08 Å². The number of ether oxygens (including phenoxy) is 2. The van der Waals surface area contributed by atoms with Gasteiger partial charge < -0.3 is 14.8 Å². The predicted octanol–water partition coefficient (Wildman–Crippen LogP) is 4.64. The SMILES string of the molecule is C=CCOc1cc(Br)c(/C=C2/NC(=O)N(Cc3ccc(F)cc3)C2=O)cc1OCC. The molecule has 0 radical (unpaired) electrons. The summed E-state index contributed by atoms with van der Waals surface area (Å²) in [6.45, 7) is 6.28. The van der Waals surface area contributed by atoms with Crippen LogP contribution in [0.1, 0.15) is 18.1 Å². The minimum absolute atomic E-state index is 0.0436. The Balaban J connectivity index is 1.86. The molecule has 8 heteroatoms. The Hall–Kier alpha value is -3.13. The van der Waals surface area contributed by atoms with Crippen LogP contribution in [0, 0.1) is 5.82 Å². The van der Waals surface area contributed by atoms with Crippen LogP contribution in [0.15, 0.2) is 59.2 Å². The number of hydrogen-bond acceptors (Lipinski definition) is 4. The lowest BCUT2D eigenvalue weighted by Gasteiger charge is -2.13. The molecule has 1 aliphatic rings. The molecule has 0 unspecified atom stereocenters. The molecule has 2 aromatic carbocycles. The van der Waals surface area contributed by atoms with Crippen LogP contribution in [0.5, 0.6) is 11.5 Å². The molecule has 6 nitrogen and oxygen atoms in total. The van der Waals surface area contributed by atoms with Gasteiger partial charge in [0.2, 0.25) is 0 Å². The van der Waals surface area contributed by atoms with Gasteiger partial charge in [-0.05, 0) is 48.4 Å². The summed E-state index contributed by atoms with van der Waals surface area (Å²) in [5.74, 6) is 0.188. The Kier molecular flexibility index (Phi) is 6.89. The van der Waals surface area contributed by atoms with Gasteiger partial charge in [0.25, 0.3) is 5.91 Å². The summed E-state index contributed by atoms with van der Waals surface area (Å²) in [7, 11) is 0. The van der Waals surface area contributed by atoms with E-state index in [1.165, 1.54) is 24.3 Å². The molecule has 1 heterocycles. The van der Waals surface area contributed by atoms with Crippen LogP contribution in [0.4, 0.5) is 9.18 Å². The molecular formula is C22H20BrFN2O4. The van der Waals surface area contributed by atoms with Crippen molar-refractivity contribution in [3.05, 3.63) is 76.2 Å². The second-order valence-corrected chi connectivity index (χ2v) is 7.21. The molecule has 156 valence electrons. The van der Waals surface area contributed by atoms with Gasteiger partial charge >= 0.3 is 6.03 Å². The monoisotopic (exact) mass is 474 g/mol. The Morgan fingerprint density at radius 3 is 2.53 bits per heavy atom. The third-order valence-electron chi connectivity index (χ3n) is 4.24. The van der Waals surface area contributed by atoms with E-state index in [2.05, 4.69) is 27.8 Å². The Bertz CT molecular complexity index is 1000. The number of urea groups is 1. The third kappa shape index (κ3) is 4.88. The van der Waals surface area contributed by atoms with Gasteiger partial charge in [0, 0.05) is 4.47 Å². The number of amides is 3. The molecule has 3 amide bonds.